The van der Waals surface area contributed by atoms with Gasteiger partial charge in [0.1, 0.15) is 18.8 Å². The third-order valence-corrected chi connectivity index (χ3v) is 4.18. The minimum Gasteiger partial charge on any atom is -0.868 e. The number of anilines is 2. The fourth-order valence-electron chi connectivity index (χ4n) is 2.26. The van der Waals surface area contributed by atoms with Gasteiger partial charge in [0, 0.05) is 5.38 Å². The van der Waals surface area contributed by atoms with Crippen LogP contribution >= 0.6 is 11.3 Å². The van der Waals surface area contributed by atoms with Crippen LogP contribution in [0.1, 0.15) is 5.69 Å². The van der Waals surface area contributed by atoms with Crippen molar-refractivity contribution in [2.24, 2.45) is 5.16 Å². The molecule has 11 nitrogen and oxygen atoms in total. The largest absolute Gasteiger partial charge is 1.00 e. The molecule has 2 amide bonds. The number of oxime groups is 1. The number of hydrogen-bond acceptors (Lipinski definition) is 10. The maximum absolute atomic E-state index is 12.3. The van der Waals surface area contributed by atoms with Gasteiger partial charge in [0.25, 0.3) is 11.8 Å². The Labute approximate surface area is 191 Å². The molecule has 0 saturated carbocycles. The molecule has 1 atom stereocenters. The minimum absolute atomic E-state index is 0. The van der Waals surface area contributed by atoms with E-state index in [2.05, 4.69) is 20.3 Å². The van der Waals surface area contributed by atoms with Gasteiger partial charge in [0.2, 0.25) is 10.9 Å². The molecule has 13 heteroatoms. The van der Waals surface area contributed by atoms with E-state index >= 15 is 0 Å². The van der Waals surface area contributed by atoms with Crippen molar-refractivity contribution in [3.8, 4) is 5.75 Å². The summed E-state index contributed by atoms with van der Waals surface area (Å²) in [6.07, 6.45) is 0. The number of nitrogen functional groups attached to an aromatic ring is 1. The van der Waals surface area contributed by atoms with Gasteiger partial charge in [-0.05, 0) is 5.75 Å². The SMILES string of the molecule is CO/N=C(/C(=O)N[C@H]1CN(c2c([O-])c(=O)c2=O)C1=O)c1csc(N)n1.[K+]. The average molecular weight is 403 g/mol. The summed E-state index contributed by atoms with van der Waals surface area (Å²) in [4.78, 5) is 55.9. The van der Waals surface area contributed by atoms with Crippen LogP contribution in [0, 0.1) is 0 Å². The van der Waals surface area contributed by atoms with Gasteiger partial charge in [-0.3, -0.25) is 19.2 Å². The van der Waals surface area contributed by atoms with Gasteiger partial charge in [-0.15, -0.1) is 11.3 Å². The number of nitrogens with zero attached hydrogens (tertiary/aromatic N) is 3. The number of rotatable bonds is 5. The van der Waals surface area contributed by atoms with Crippen LogP contribution in [0.2, 0.25) is 0 Å². The monoisotopic (exact) mass is 403 g/mol. The molecule has 130 valence electrons. The first-order valence-electron chi connectivity index (χ1n) is 6.80. The van der Waals surface area contributed by atoms with E-state index in [0.29, 0.717) is 0 Å². The smallest absolute Gasteiger partial charge is 0.868 e. The molecule has 1 aliphatic heterocycles. The quantitative estimate of drug-likeness (QED) is 0.164. The normalized spacial score (nSPS) is 16.8. The Hall–Kier alpha value is -1.64. The number of nitrogens with two attached hydrogens (primary N) is 1. The Morgan fingerprint density at radius 2 is 2.15 bits per heavy atom. The number of carbonyl (C=O) groups excluding carboxylic acids is 2. The van der Waals surface area contributed by atoms with Crippen LogP contribution < -0.4 is 83.3 Å². The van der Waals surface area contributed by atoms with E-state index in [-0.39, 0.29) is 74.5 Å². The third-order valence-electron chi connectivity index (χ3n) is 3.51. The summed E-state index contributed by atoms with van der Waals surface area (Å²) < 4.78 is 0. The van der Waals surface area contributed by atoms with E-state index < -0.39 is 40.2 Å². The second-order valence-corrected chi connectivity index (χ2v) is 5.89. The van der Waals surface area contributed by atoms with Crippen molar-refractivity contribution in [2.75, 3.05) is 24.3 Å². The molecule has 0 spiro atoms. The van der Waals surface area contributed by atoms with E-state index in [9.17, 15) is 24.3 Å². The number of amides is 2. The predicted molar refractivity (Wildman–Crippen MR) is 85.2 cm³/mol. The molecule has 2 heterocycles. The van der Waals surface area contributed by atoms with E-state index in [1.54, 1.807) is 0 Å². The van der Waals surface area contributed by atoms with Gasteiger partial charge < -0.3 is 25.9 Å². The molecule has 1 fully saturated rings. The van der Waals surface area contributed by atoms with E-state index in [0.717, 1.165) is 16.2 Å². The van der Waals surface area contributed by atoms with E-state index in [4.69, 9.17) is 5.73 Å². The first kappa shape index (κ1) is 20.7. The van der Waals surface area contributed by atoms with Crippen LogP contribution in [0.3, 0.4) is 0 Å². The Morgan fingerprint density at radius 3 is 2.65 bits per heavy atom. The van der Waals surface area contributed by atoms with Crippen LogP contribution in [0.25, 0.3) is 0 Å². The number of nitrogens with one attached hydrogen (secondary N) is 1. The van der Waals surface area contributed by atoms with Crippen molar-refractivity contribution in [2.45, 2.75) is 6.04 Å². The molecule has 2 aromatic rings. The van der Waals surface area contributed by atoms with Crippen LogP contribution in [0.15, 0.2) is 20.1 Å². The molecule has 0 radical (unpaired) electrons. The van der Waals surface area contributed by atoms with Crippen LogP contribution in [-0.2, 0) is 14.4 Å². The topological polar surface area (TPSA) is 167 Å². The zero-order valence-corrected chi connectivity index (χ0v) is 17.6. The number of aromatic nitrogens is 1. The fraction of sp³-hybridized carbons (Fsp3) is 0.231. The van der Waals surface area contributed by atoms with Crippen molar-refractivity contribution in [3.05, 3.63) is 31.5 Å². The molecule has 1 aromatic carbocycles. The molecule has 0 aliphatic carbocycles. The summed E-state index contributed by atoms with van der Waals surface area (Å²) in [5, 5.41) is 19.0. The maximum Gasteiger partial charge on any atom is 1.00 e. The first-order chi connectivity index (χ1) is 11.8. The molecule has 1 saturated heterocycles. The number of carbonyl (C=O) groups is 2. The van der Waals surface area contributed by atoms with Gasteiger partial charge in [-0.2, -0.15) is 0 Å². The van der Waals surface area contributed by atoms with Crippen molar-refractivity contribution < 1.29 is 70.9 Å². The number of hydrogen-bond donors (Lipinski definition) is 2. The van der Waals surface area contributed by atoms with Crippen LogP contribution in [-0.4, -0.2) is 42.2 Å². The summed E-state index contributed by atoms with van der Waals surface area (Å²) >= 11 is 1.10. The molecule has 3 rings (SSSR count). The van der Waals surface area contributed by atoms with Crippen molar-refractivity contribution in [1.82, 2.24) is 10.3 Å². The van der Waals surface area contributed by atoms with Gasteiger partial charge in [-0.25, -0.2) is 4.98 Å². The standard InChI is InChI=1S/C13H11N5O6S.K/c1-24-17-6(5-3-25-13(14)16-5)11(22)15-4-2-18(12(4)23)7-8(19)10(21)9(7)20;/h3-4,19H,2H2,1H3,(H2,14,16)(H,15,22);/q;+1/p-1/b17-6+;/t4-;/m0./s1. The minimum atomic E-state index is -1.15. The summed E-state index contributed by atoms with van der Waals surface area (Å²) in [5.74, 6) is -2.41. The Bertz CT molecular complexity index is 978. The summed E-state index contributed by atoms with van der Waals surface area (Å²) in [6.45, 7) is -0.107. The number of β-lactam (4-membered cyclic amide) rings is 1. The summed E-state index contributed by atoms with van der Waals surface area (Å²) in [5.41, 5.74) is 2.90. The second-order valence-electron chi connectivity index (χ2n) is 5.00. The first-order valence-corrected chi connectivity index (χ1v) is 7.68. The summed E-state index contributed by atoms with van der Waals surface area (Å²) in [6, 6.07) is -0.964. The zero-order valence-electron chi connectivity index (χ0n) is 13.6. The fourth-order valence-corrected chi connectivity index (χ4v) is 2.81. The molecule has 1 aromatic heterocycles. The zero-order chi connectivity index (χ0) is 18.3. The van der Waals surface area contributed by atoms with Gasteiger partial charge in [-0.1, -0.05) is 5.16 Å². The van der Waals surface area contributed by atoms with Crippen LogP contribution in [0.4, 0.5) is 10.8 Å². The molecular weight excluding hydrogens is 393 g/mol. The molecule has 1 aliphatic rings. The molecule has 0 bridgehead atoms. The second kappa shape index (κ2) is 7.93. The van der Waals surface area contributed by atoms with Crippen molar-refractivity contribution >= 4 is 39.7 Å². The number of thiazole rings is 1. The average Bonchev–Trinajstić information content (AvgIpc) is 3.03. The molecule has 0 unspecified atom stereocenters. The van der Waals surface area contributed by atoms with Crippen molar-refractivity contribution in [3.63, 3.8) is 0 Å². The Morgan fingerprint density at radius 1 is 1.46 bits per heavy atom. The van der Waals surface area contributed by atoms with E-state index in [1.165, 1.54) is 12.5 Å². The molecular formula is C13H10KN5O6S. The molecule has 26 heavy (non-hydrogen) atoms. The Kier molecular flexibility index (Phi) is 6.31. The Balaban J connectivity index is 0.00000243. The van der Waals surface area contributed by atoms with Crippen LogP contribution in [0.5, 0.6) is 5.75 Å². The summed E-state index contributed by atoms with van der Waals surface area (Å²) in [7, 11) is 1.24. The van der Waals surface area contributed by atoms with Crippen molar-refractivity contribution in [1.29, 1.82) is 0 Å². The van der Waals surface area contributed by atoms with Gasteiger partial charge in [0.05, 0.1) is 12.2 Å². The van der Waals surface area contributed by atoms with Gasteiger partial charge in [0.15, 0.2) is 10.8 Å². The van der Waals surface area contributed by atoms with Gasteiger partial charge >= 0.3 is 51.4 Å². The third kappa shape index (κ3) is 3.45. The predicted octanol–water partition coefficient (Wildman–Crippen LogP) is -5.72. The van der Waals surface area contributed by atoms with E-state index in [1.807, 2.05) is 0 Å². The molecule has 3 N–H and O–H groups in total. The maximum atomic E-state index is 12.3.